The van der Waals surface area contributed by atoms with Crippen LogP contribution in [0.4, 0.5) is 8.78 Å². The van der Waals surface area contributed by atoms with E-state index in [1.807, 2.05) is 0 Å². The number of hydrogen-bond acceptors (Lipinski definition) is 5. The highest BCUT2D eigenvalue weighted by Gasteiger charge is 2.36. The second kappa shape index (κ2) is 12.4. The molecule has 204 valence electrons. The average Bonchev–Trinajstić information content (AvgIpc) is 2.81. The van der Waals surface area contributed by atoms with Gasteiger partial charge in [0.15, 0.2) is 0 Å². The number of amides is 1. The van der Waals surface area contributed by atoms with Crippen molar-refractivity contribution in [3.8, 4) is 0 Å². The van der Waals surface area contributed by atoms with Crippen LogP contribution in [0.3, 0.4) is 0 Å². The molecule has 1 aliphatic rings. The average molecular weight is 518 g/mol. The molecule has 0 aromatic heterocycles. The van der Waals surface area contributed by atoms with Crippen LogP contribution in [0.25, 0.3) is 0 Å². The Balaban J connectivity index is 1.82. The van der Waals surface area contributed by atoms with Gasteiger partial charge in [-0.25, -0.2) is 8.78 Å². The van der Waals surface area contributed by atoms with Gasteiger partial charge >= 0.3 is 0 Å². The normalized spacial score (nSPS) is 18.2. The number of halogens is 2. The first-order valence-electron chi connectivity index (χ1n) is 13.0. The summed E-state index contributed by atoms with van der Waals surface area (Å²) < 4.78 is 33.3. The lowest BCUT2D eigenvalue weighted by Crippen LogP contribution is -2.54. The van der Waals surface area contributed by atoms with Gasteiger partial charge in [-0.3, -0.25) is 4.79 Å². The zero-order valence-corrected chi connectivity index (χ0v) is 22.3. The molecule has 3 unspecified atom stereocenters. The lowest BCUT2D eigenvalue weighted by molar-refractivity contribution is -0.122. The first-order valence-corrected chi connectivity index (χ1v) is 13.0. The third-order valence-electron chi connectivity index (χ3n) is 6.97. The summed E-state index contributed by atoms with van der Waals surface area (Å²) in [5.74, 6) is -1.74. The van der Waals surface area contributed by atoms with Crippen LogP contribution < -0.4 is 16.4 Å². The minimum Gasteiger partial charge on any atom is -0.390 e. The second-order valence-corrected chi connectivity index (χ2v) is 11.3. The molecule has 1 amide bonds. The SMILES string of the molecule is CC(N)CC(=O)NC(Cc1cc(F)cc(F)c1)C(O)CNC1(c2cccc(C(C)(C)C)c2)CCOCC1. The Bertz CT molecular complexity index is 1030. The van der Waals surface area contributed by atoms with Gasteiger partial charge in [0.2, 0.25) is 5.91 Å². The second-order valence-electron chi connectivity index (χ2n) is 11.3. The molecule has 1 fully saturated rings. The number of rotatable bonds is 10. The molecule has 2 aromatic carbocycles. The number of carbonyl (C=O) groups excluding carboxylic acids is 1. The van der Waals surface area contributed by atoms with Crippen LogP contribution in [0.15, 0.2) is 42.5 Å². The lowest BCUT2D eigenvalue weighted by atomic mass is 9.78. The van der Waals surface area contributed by atoms with Gasteiger partial charge in [0.05, 0.1) is 12.1 Å². The van der Waals surface area contributed by atoms with Crippen LogP contribution in [-0.4, -0.2) is 49.0 Å². The Hall–Kier alpha value is -2.39. The quantitative estimate of drug-likeness (QED) is 0.386. The van der Waals surface area contributed by atoms with Crippen molar-refractivity contribution in [1.29, 1.82) is 0 Å². The van der Waals surface area contributed by atoms with E-state index < -0.39 is 29.3 Å². The van der Waals surface area contributed by atoms with Crippen molar-refractivity contribution in [2.24, 2.45) is 5.73 Å². The fraction of sp³-hybridized carbons (Fsp3) is 0.552. The van der Waals surface area contributed by atoms with E-state index in [0.29, 0.717) is 18.8 Å². The number of ether oxygens (including phenoxy) is 1. The minimum atomic E-state index is -1.02. The Labute approximate surface area is 219 Å². The van der Waals surface area contributed by atoms with E-state index in [1.54, 1.807) is 6.92 Å². The maximum Gasteiger partial charge on any atom is 0.221 e. The van der Waals surface area contributed by atoms with Crippen molar-refractivity contribution < 1.29 is 23.4 Å². The zero-order valence-electron chi connectivity index (χ0n) is 22.3. The monoisotopic (exact) mass is 517 g/mol. The van der Waals surface area contributed by atoms with Crippen LogP contribution in [0.1, 0.15) is 63.6 Å². The molecule has 1 aliphatic heterocycles. The van der Waals surface area contributed by atoms with Gasteiger partial charge in [-0.05, 0) is 60.4 Å². The van der Waals surface area contributed by atoms with Crippen LogP contribution in [0.2, 0.25) is 0 Å². The highest BCUT2D eigenvalue weighted by Crippen LogP contribution is 2.35. The molecule has 6 nitrogen and oxygen atoms in total. The molecule has 3 atom stereocenters. The Morgan fingerprint density at radius 1 is 1.14 bits per heavy atom. The van der Waals surface area contributed by atoms with Gasteiger partial charge in [-0.2, -0.15) is 0 Å². The van der Waals surface area contributed by atoms with Gasteiger partial charge in [-0.1, -0.05) is 45.0 Å². The third-order valence-corrected chi connectivity index (χ3v) is 6.97. The van der Waals surface area contributed by atoms with E-state index in [9.17, 15) is 18.7 Å². The zero-order chi connectivity index (χ0) is 27.2. The fourth-order valence-electron chi connectivity index (χ4n) is 4.84. The summed E-state index contributed by atoms with van der Waals surface area (Å²) in [6.45, 7) is 9.57. The maximum absolute atomic E-state index is 13.8. The molecule has 0 spiro atoms. The number of aliphatic hydroxyl groups is 1. The smallest absolute Gasteiger partial charge is 0.221 e. The summed E-state index contributed by atoms with van der Waals surface area (Å²) in [6.07, 6.45) is 0.579. The number of benzene rings is 2. The van der Waals surface area contributed by atoms with E-state index in [-0.39, 0.29) is 36.8 Å². The largest absolute Gasteiger partial charge is 0.390 e. The van der Waals surface area contributed by atoms with Crippen molar-refractivity contribution >= 4 is 5.91 Å². The molecular formula is C29H41F2N3O3. The molecule has 0 radical (unpaired) electrons. The number of nitrogens with one attached hydrogen (secondary N) is 2. The van der Waals surface area contributed by atoms with Gasteiger partial charge in [0.1, 0.15) is 11.6 Å². The molecule has 37 heavy (non-hydrogen) atoms. The number of hydrogen-bond donors (Lipinski definition) is 4. The van der Waals surface area contributed by atoms with Crippen molar-refractivity contribution in [3.05, 3.63) is 70.8 Å². The summed E-state index contributed by atoms with van der Waals surface area (Å²) in [5.41, 5.74) is 8.03. The first-order chi connectivity index (χ1) is 17.4. The number of nitrogens with two attached hydrogens (primary N) is 1. The summed E-state index contributed by atoms with van der Waals surface area (Å²) in [5, 5.41) is 17.6. The topological polar surface area (TPSA) is 96.6 Å². The molecule has 0 saturated carbocycles. The minimum absolute atomic E-state index is 0.0163. The fourth-order valence-corrected chi connectivity index (χ4v) is 4.84. The number of aliphatic hydroxyl groups excluding tert-OH is 1. The molecule has 5 N–H and O–H groups in total. The van der Waals surface area contributed by atoms with Gasteiger partial charge in [0.25, 0.3) is 0 Å². The maximum atomic E-state index is 13.8. The molecular weight excluding hydrogens is 476 g/mol. The Kier molecular flexibility index (Phi) is 9.80. The van der Waals surface area contributed by atoms with Crippen molar-refractivity contribution in [1.82, 2.24) is 10.6 Å². The molecule has 2 aromatic rings. The Morgan fingerprint density at radius 3 is 2.38 bits per heavy atom. The van der Waals surface area contributed by atoms with E-state index >= 15 is 0 Å². The molecule has 0 aliphatic carbocycles. The van der Waals surface area contributed by atoms with Crippen LogP contribution in [0.5, 0.6) is 0 Å². The van der Waals surface area contributed by atoms with E-state index in [2.05, 4.69) is 55.7 Å². The highest BCUT2D eigenvalue weighted by molar-refractivity contribution is 5.76. The van der Waals surface area contributed by atoms with Crippen molar-refractivity contribution in [2.75, 3.05) is 19.8 Å². The summed E-state index contributed by atoms with van der Waals surface area (Å²) in [6, 6.07) is 10.6. The van der Waals surface area contributed by atoms with Crippen LogP contribution >= 0.6 is 0 Å². The van der Waals surface area contributed by atoms with Crippen LogP contribution in [0, 0.1) is 11.6 Å². The predicted molar refractivity (Wildman–Crippen MR) is 141 cm³/mol. The van der Waals surface area contributed by atoms with E-state index in [4.69, 9.17) is 10.5 Å². The molecule has 1 saturated heterocycles. The first kappa shape index (κ1) is 29.2. The summed E-state index contributed by atoms with van der Waals surface area (Å²) in [7, 11) is 0. The third kappa shape index (κ3) is 8.30. The summed E-state index contributed by atoms with van der Waals surface area (Å²) in [4.78, 5) is 12.5. The van der Waals surface area contributed by atoms with Gasteiger partial charge < -0.3 is 26.2 Å². The molecule has 1 heterocycles. The van der Waals surface area contributed by atoms with Crippen LogP contribution in [-0.2, 0) is 26.9 Å². The van der Waals surface area contributed by atoms with Crippen molar-refractivity contribution in [3.63, 3.8) is 0 Å². The molecule has 3 rings (SSSR count). The Morgan fingerprint density at radius 2 is 1.78 bits per heavy atom. The molecule has 8 heteroatoms. The standard InChI is InChI=1S/C29H41F2N3O3/c1-19(32)12-27(36)34-25(15-20-13-23(30)17-24(31)14-20)26(35)18-33-29(8-10-37-11-9-29)22-7-5-6-21(16-22)28(2,3)4/h5-7,13-14,16-17,19,25-26,33,35H,8-12,15,18,32H2,1-4H3,(H,34,36). The van der Waals surface area contributed by atoms with E-state index in [1.165, 1.54) is 17.7 Å². The number of carbonyl (C=O) groups is 1. The van der Waals surface area contributed by atoms with Crippen molar-refractivity contribution in [2.45, 2.75) is 82.5 Å². The predicted octanol–water partition coefficient (Wildman–Crippen LogP) is 3.68. The lowest BCUT2D eigenvalue weighted by Gasteiger charge is -2.40. The summed E-state index contributed by atoms with van der Waals surface area (Å²) >= 11 is 0. The van der Waals surface area contributed by atoms with Gasteiger partial charge in [-0.15, -0.1) is 0 Å². The van der Waals surface area contributed by atoms with Gasteiger partial charge in [0, 0.05) is 43.8 Å². The molecule has 0 bridgehead atoms. The van der Waals surface area contributed by atoms with E-state index in [0.717, 1.165) is 24.5 Å². The highest BCUT2D eigenvalue weighted by atomic mass is 19.1.